The van der Waals surface area contributed by atoms with Crippen LogP contribution in [0, 0.1) is 11.6 Å². The Labute approximate surface area is 138 Å². The molecule has 0 atom stereocenters. The molecule has 3 rings (SSSR count). The summed E-state index contributed by atoms with van der Waals surface area (Å²) < 4.78 is 27.3. The maximum absolute atomic E-state index is 13.3. The lowest BCUT2D eigenvalue weighted by atomic mass is 10.2. The molecule has 9 heteroatoms. The van der Waals surface area contributed by atoms with Crippen molar-refractivity contribution >= 4 is 22.4 Å². The summed E-state index contributed by atoms with van der Waals surface area (Å²) in [5, 5.41) is 8.26. The summed E-state index contributed by atoms with van der Waals surface area (Å²) >= 11 is 1.13. The number of carbonyl (C=O) groups excluding carboxylic acids is 1. The summed E-state index contributed by atoms with van der Waals surface area (Å²) in [4.78, 5) is 27.5. The van der Waals surface area contributed by atoms with Crippen molar-refractivity contribution in [3.8, 4) is 11.3 Å². The molecule has 0 aliphatic heterocycles. The minimum atomic E-state index is -0.972. The molecule has 1 aromatic carbocycles. The Morgan fingerprint density at radius 3 is 2.71 bits per heavy atom. The van der Waals surface area contributed by atoms with Gasteiger partial charge in [-0.25, -0.2) is 18.4 Å². The Bertz CT molecular complexity index is 984. The molecule has 122 valence electrons. The predicted molar refractivity (Wildman–Crippen MR) is 84.9 cm³/mol. The quantitative estimate of drug-likeness (QED) is 0.789. The number of aryl methyl sites for hydroxylation is 1. The van der Waals surface area contributed by atoms with Gasteiger partial charge in [0.15, 0.2) is 16.8 Å². The average Bonchev–Trinajstić information content (AvgIpc) is 3.01. The van der Waals surface area contributed by atoms with Crippen molar-refractivity contribution in [2.24, 2.45) is 7.05 Å². The number of hydrogen-bond donors (Lipinski definition) is 1. The normalized spacial score (nSPS) is 10.6. The summed E-state index contributed by atoms with van der Waals surface area (Å²) in [6.45, 7) is 0. The average molecular weight is 348 g/mol. The van der Waals surface area contributed by atoms with Crippen molar-refractivity contribution < 1.29 is 13.6 Å². The molecule has 2 aromatic heterocycles. The van der Waals surface area contributed by atoms with Crippen LogP contribution in [0.5, 0.6) is 0 Å². The minimum absolute atomic E-state index is 0.0571. The summed E-state index contributed by atoms with van der Waals surface area (Å²) in [5.41, 5.74) is 0.525. The first kappa shape index (κ1) is 15.9. The van der Waals surface area contributed by atoms with Crippen LogP contribution < -0.4 is 10.9 Å². The second kappa shape index (κ2) is 6.28. The third kappa shape index (κ3) is 3.20. The first-order valence-corrected chi connectivity index (χ1v) is 7.58. The van der Waals surface area contributed by atoms with Crippen LogP contribution in [-0.4, -0.2) is 20.7 Å². The van der Waals surface area contributed by atoms with E-state index in [1.165, 1.54) is 25.2 Å². The van der Waals surface area contributed by atoms with Gasteiger partial charge in [-0.3, -0.25) is 14.9 Å². The zero-order valence-corrected chi connectivity index (χ0v) is 13.1. The van der Waals surface area contributed by atoms with Crippen molar-refractivity contribution in [1.29, 1.82) is 0 Å². The van der Waals surface area contributed by atoms with E-state index in [4.69, 9.17) is 0 Å². The van der Waals surface area contributed by atoms with Crippen molar-refractivity contribution in [2.45, 2.75) is 0 Å². The van der Waals surface area contributed by atoms with Crippen molar-refractivity contribution in [2.75, 3.05) is 5.32 Å². The fourth-order valence-electron chi connectivity index (χ4n) is 1.90. The Kier molecular flexibility index (Phi) is 4.17. The van der Waals surface area contributed by atoms with E-state index in [1.54, 1.807) is 5.38 Å². The topological polar surface area (TPSA) is 76.9 Å². The van der Waals surface area contributed by atoms with Gasteiger partial charge in [0.2, 0.25) is 0 Å². The molecule has 2 heterocycles. The number of thiazole rings is 1. The van der Waals surface area contributed by atoms with Crippen LogP contribution in [0.4, 0.5) is 13.9 Å². The molecule has 1 amide bonds. The maximum atomic E-state index is 13.3. The molecule has 6 nitrogen and oxygen atoms in total. The molecule has 0 spiro atoms. The number of rotatable bonds is 3. The van der Waals surface area contributed by atoms with Gasteiger partial charge in [0.1, 0.15) is 5.69 Å². The predicted octanol–water partition coefficient (Wildman–Crippen LogP) is 2.43. The molecule has 0 aliphatic rings. The number of anilines is 1. The van der Waals surface area contributed by atoms with Crippen molar-refractivity contribution in [3.05, 3.63) is 63.4 Å². The Morgan fingerprint density at radius 2 is 2.00 bits per heavy atom. The van der Waals surface area contributed by atoms with Crippen molar-refractivity contribution in [3.63, 3.8) is 0 Å². The van der Waals surface area contributed by atoms with Crippen LogP contribution in [0.25, 0.3) is 11.3 Å². The highest BCUT2D eigenvalue weighted by Crippen LogP contribution is 2.26. The van der Waals surface area contributed by atoms with E-state index >= 15 is 0 Å². The third-order valence-electron chi connectivity index (χ3n) is 3.13. The summed E-state index contributed by atoms with van der Waals surface area (Å²) in [6, 6.07) is 5.98. The van der Waals surface area contributed by atoms with Crippen LogP contribution in [0.3, 0.4) is 0 Å². The summed E-state index contributed by atoms with van der Waals surface area (Å²) in [7, 11) is 1.43. The first-order valence-electron chi connectivity index (χ1n) is 6.71. The summed E-state index contributed by atoms with van der Waals surface area (Å²) in [5.74, 6) is -2.44. The maximum Gasteiger partial charge on any atom is 0.277 e. The smallest absolute Gasteiger partial charge is 0.277 e. The van der Waals surface area contributed by atoms with Gasteiger partial charge < -0.3 is 0 Å². The number of nitrogens with zero attached hydrogens (tertiary/aromatic N) is 3. The number of amides is 1. The Balaban J connectivity index is 1.80. The van der Waals surface area contributed by atoms with E-state index in [-0.39, 0.29) is 16.4 Å². The van der Waals surface area contributed by atoms with Gasteiger partial charge in [0.05, 0.1) is 5.69 Å². The van der Waals surface area contributed by atoms with Gasteiger partial charge in [-0.15, -0.1) is 11.3 Å². The van der Waals surface area contributed by atoms with Gasteiger partial charge in [-0.05, 0) is 24.3 Å². The number of carbonyl (C=O) groups is 1. The highest BCUT2D eigenvalue weighted by molar-refractivity contribution is 7.14. The Morgan fingerprint density at radius 1 is 1.21 bits per heavy atom. The second-order valence-electron chi connectivity index (χ2n) is 4.80. The lowest BCUT2D eigenvalue weighted by molar-refractivity contribution is 0.102. The molecule has 0 unspecified atom stereocenters. The molecule has 0 bridgehead atoms. The molecule has 0 aliphatic carbocycles. The number of halogens is 2. The molecule has 0 fully saturated rings. The zero-order valence-electron chi connectivity index (χ0n) is 12.3. The lowest BCUT2D eigenvalue weighted by Gasteiger charge is -2.02. The molecule has 0 saturated carbocycles. The van der Waals surface area contributed by atoms with Crippen LogP contribution in [-0.2, 0) is 7.05 Å². The SMILES string of the molecule is Cn1nc(C(=O)Nc2nc(-c3ccc(F)c(F)c3)cs2)ccc1=O. The molecule has 3 aromatic rings. The number of nitrogens with one attached hydrogen (secondary N) is 1. The third-order valence-corrected chi connectivity index (χ3v) is 3.89. The van der Waals surface area contributed by atoms with E-state index in [9.17, 15) is 18.4 Å². The second-order valence-corrected chi connectivity index (χ2v) is 5.66. The first-order chi connectivity index (χ1) is 11.4. The molecular formula is C15H10F2N4O2S. The standard InChI is InChI=1S/C15H10F2N4O2S/c1-21-13(22)5-4-11(20-21)14(23)19-15-18-12(7-24-15)8-2-3-9(16)10(17)6-8/h2-7H,1H3,(H,18,19,23). The Hall–Kier alpha value is -2.94. The van der Waals surface area contributed by atoms with Gasteiger partial charge in [0.25, 0.3) is 11.5 Å². The highest BCUT2D eigenvalue weighted by Gasteiger charge is 2.13. The number of benzene rings is 1. The number of hydrogen-bond acceptors (Lipinski definition) is 5. The zero-order chi connectivity index (χ0) is 17.3. The number of aromatic nitrogens is 3. The minimum Gasteiger partial charge on any atom is -0.296 e. The fourth-order valence-corrected chi connectivity index (χ4v) is 2.62. The molecule has 0 saturated heterocycles. The molecule has 1 N–H and O–H groups in total. The van der Waals surface area contributed by atoms with Gasteiger partial charge >= 0.3 is 0 Å². The van der Waals surface area contributed by atoms with E-state index in [0.29, 0.717) is 11.3 Å². The van der Waals surface area contributed by atoms with Crippen LogP contribution >= 0.6 is 11.3 Å². The van der Waals surface area contributed by atoms with Crippen LogP contribution in [0.15, 0.2) is 40.5 Å². The van der Waals surface area contributed by atoms with Crippen molar-refractivity contribution in [1.82, 2.24) is 14.8 Å². The molecular weight excluding hydrogens is 338 g/mol. The molecule has 24 heavy (non-hydrogen) atoms. The highest BCUT2D eigenvalue weighted by atomic mass is 32.1. The van der Waals surface area contributed by atoms with E-state index in [2.05, 4.69) is 15.4 Å². The molecule has 0 radical (unpaired) electrons. The lowest BCUT2D eigenvalue weighted by Crippen LogP contribution is -2.23. The van der Waals surface area contributed by atoms with E-state index in [1.807, 2.05) is 0 Å². The van der Waals surface area contributed by atoms with Crippen LogP contribution in [0.2, 0.25) is 0 Å². The van der Waals surface area contributed by atoms with Crippen LogP contribution in [0.1, 0.15) is 10.5 Å². The van der Waals surface area contributed by atoms with E-state index < -0.39 is 17.5 Å². The van der Waals surface area contributed by atoms with Gasteiger partial charge in [-0.1, -0.05) is 0 Å². The summed E-state index contributed by atoms with van der Waals surface area (Å²) in [6.07, 6.45) is 0. The largest absolute Gasteiger partial charge is 0.296 e. The van der Waals surface area contributed by atoms with E-state index in [0.717, 1.165) is 28.2 Å². The monoisotopic (exact) mass is 348 g/mol. The van der Waals surface area contributed by atoms with Gasteiger partial charge in [0, 0.05) is 24.1 Å². The van der Waals surface area contributed by atoms with Gasteiger partial charge in [-0.2, -0.15) is 5.10 Å². The fraction of sp³-hybridized carbons (Fsp3) is 0.0667.